The Morgan fingerprint density at radius 2 is 1.64 bits per heavy atom. The average molecular weight is 384 g/mol. The van der Waals surface area contributed by atoms with Crippen LogP contribution in [0.25, 0.3) is 0 Å². The number of ether oxygens (including phenoxy) is 1. The zero-order valence-electron chi connectivity index (χ0n) is 16.0. The van der Waals surface area contributed by atoms with Crippen LogP contribution in [0, 0.1) is 0 Å². The molecule has 1 aliphatic heterocycles. The van der Waals surface area contributed by atoms with Crippen LogP contribution >= 0.6 is 0 Å². The van der Waals surface area contributed by atoms with E-state index in [1.165, 1.54) is 22.3 Å². The predicted molar refractivity (Wildman–Crippen MR) is 105 cm³/mol. The van der Waals surface area contributed by atoms with Gasteiger partial charge in [0.25, 0.3) is 0 Å². The van der Waals surface area contributed by atoms with Gasteiger partial charge < -0.3 is 25.2 Å². The Kier molecular flexibility index (Phi) is 5.54. The van der Waals surface area contributed by atoms with Crippen molar-refractivity contribution >= 4 is 0 Å². The summed E-state index contributed by atoms with van der Waals surface area (Å²) in [7, 11) is 0. The summed E-state index contributed by atoms with van der Waals surface area (Å²) in [5.74, 6) is 0.297. The molecular weight excluding hydrogens is 356 g/mol. The average Bonchev–Trinajstić information content (AvgIpc) is 3.15. The molecule has 5 heteroatoms. The van der Waals surface area contributed by atoms with Crippen LogP contribution < -0.4 is 0 Å². The molecule has 6 unspecified atom stereocenters. The maximum absolute atomic E-state index is 10.4. The molecule has 1 heterocycles. The number of benzene rings is 2. The predicted octanol–water partition coefficient (Wildman–Crippen LogP) is 1.84. The third-order valence-corrected chi connectivity index (χ3v) is 6.26. The van der Waals surface area contributed by atoms with Crippen LogP contribution in [-0.2, 0) is 17.6 Å². The van der Waals surface area contributed by atoms with Crippen molar-refractivity contribution in [1.29, 1.82) is 0 Å². The molecule has 6 atom stereocenters. The van der Waals surface area contributed by atoms with Crippen molar-refractivity contribution in [2.75, 3.05) is 6.61 Å². The molecule has 0 bridgehead atoms. The summed E-state index contributed by atoms with van der Waals surface area (Å²) in [5, 5.41) is 40.0. The lowest BCUT2D eigenvalue weighted by atomic mass is 9.87. The number of hydrogen-bond donors (Lipinski definition) is 4. The fourth-order valence-electron chi connectivity index (χ4n) is 4.51. The van der Waals surface area contributed by atoms with Crippen molar-refractivity contribution in [1.82, 2.24) is 0 Å². The highest BCUT2D eigenvalue weighted by Crippen LogP contribution is 2.41. The van der Waals surface area contributed by atoms with Crippen molar-refractivity contribution in [2.45, 2.75) is 62.6 Å². The van der Waals surface area contributed by atoms with Crippen molar-refractivity contribution in [3.05, 3.63) is 70.3 Å². The van der Waals surface area contributed by atoms with Gasteiger partial charge in [0.1, 0.15) is 30.5 Å². The van der Waals surface area contributed by atoms with Crippen LogP contribution in [0.4, 0.5) is 0 Å². The molecule has 1 saturated heterocycles. The zero-order chi connectivity index (χ0) is 19.8. The summed E-state index contributed by atoms with van der Waals surface area (Å²) in [6.45, 7) is 1.73. The van der Waals surface area contributed by atoms with Gasteiger partial charge in [-0.3, -0.25) is 0 Å². The molecule has 0 radical (unpaired) electrons. The van der Waals surface area contributed by atoms with Crippen molar-refractivity contribution in [3.8, 4) is 0 Å². The van der Waals surface area contributed by atoms with Gasteiger partial charge in [-0.2, -0.15) is 0 Å². The Balaban J connectivity index is 1.64. The van der Waals surface area contributed by atoms with Gasteiger partial charge in [-0.1, -0.05) is 49.4 Å². The van der Waals surface area contributed by atoms with Crippen LogP contribution in [-0.4, -0.2) is 51.4 Å². The number of aryl methyl sites for hydroxylation is 2. The van der Waals surface area contributed by atoms with Crippen LogP contribution in [0.2, 0.25) is 0 Å². The Morgan fingerprint density at radius 1 is 0.929 bits per heavy atom. The van der Waals surface area contributed by atoms with E-state index in [4.69, 9.17) is 4.74 Å². The van der Waals surface area contributed by atoms with E-state index < -0.39 is 37.1 Å². The van der Waals surface area contributed by atoms with Gasteiger partial charge in [-0.05, 0) is 47.1 Å². The molecule has 4 rings (SSSR count). The lowest BCUT2D eigenvalue weighted by molar-refractivity contribution is -0.231. The lowest BCUT2D eigenvalue weighted by Crippen LogP contribution is -2.55. The van der Waals surface area contributed by atoms with Gasteiger partial charge in [-0.25, -0.2) is 0 Å². The number of rotatable bonds is 4. The van der Waals surface area contributed by atoms with Crippen molar-refractivity contribution in [2.24, 2.45) is 0 Å². The van der Waals surface area contributed by atoms with E-state index in [0.717, 1.165) is 24.8 Å². The standard InChI is InChI=1S/C23H28O5/c1-2-13-3-5-14(6-4-13)17-10-9-15-7-8-16(11-18(15)17)23-22(27)21(26)20(25)19(12-24)28-23/h3-8,11,17,19-27H,2,9-10,12H2,1H3. The van der Waals surface area contributed by atoms with Gasteiger partial charge in [0.15, 0.2) is 0 Å². The van der Waals surface area contributed by atoms with Gasteiger partial charge in [0.05, 0.1) is 6.61 Å². The molecule has 150 valence electrons. The van der Waals surface area contributed by atoms with E-state index in [1.807, 2.05) is 12.1 Å². The molecule has 1 fully saturated rings. The van der Waals surface area contributed by atoms with Gasteiger partial charge in [0, 0.05) is 5.92 Å². The number of aliphatic hydroxyl groups is 4. The summed E-state index contributed by atoms with van der Waals surface area (Å²) >= 11 is 0. The van der Waals surface area contributed by atoms with Crippen molar-refractivity contribution in [3.63, 3.8) is 0 Å². The second-order valence-corrected chi connectivity index (χ2v) is 7.89. The molecule has 5 nitrogen and oxygen atoms in total. The van der Waals surface area contributed by atoms with E-state index in [1.54, 1.807) is 0 Å². The molecule has 28 heavy (non-hydrogen) atoms. The summed E-state index contributed by atoms with van der Waals surface area (Å²) in [5.41, 5.74) is 5.86. The molecule has 2 aliphatic rings. The third kappa shape index (κ3) is 3.38. The fourth-order valence-corrected chi connectivity index (χ4v) is 4.51. The topological polar surface area (TPSA) is 90.2 Å². The molecule has 0 amide bonds. The largest absolute Gasteiger partial charge is 0.394 e. The first-order valence-electron chi connectivity index (χ1n) is 10.1. The molecule has 0 aromatic heterocycles. The van der Waals surface area contributed by atoms with E-state index in [2.05, 4.69) is 37.3 Å². The minimum Gasteiger partial charge on any atom is -0.394 e. The fraction of sp³-hybridized carbons (Fsp3) is 0.478. The number of aliphatic hydroxyl groups excluding tert-OH is 4. The van der Waals surface area contributed by atoms with E-state index in [9.17, 15) is 20.4 Å². The summed E-state index contributed by atoms with van der Waals surface area (Å²) < 4.78 is 5.74. The molecule has 0 saturated carbocycles. The first kappa shape index (κ1) is 19.6. The summed E-state index contributed by atoms with van der Waals surface area (Å²) in [6.07, 6.45) is -2.57. The van der Waals surface area contributed by atoms with Gasteiger partial charge in [0.2, 0.25) is 0 Å². The molecule has 1 aliphatic carbocycles. The van der Waals surface area contributed by atoms with Crippen LogP contribution in [0.3, 0.4) is 0 Å². The number of hydrogen-bond acceptors (Lipinski definition) is 5. The SMILES string of the molecule is CCc1ccc(C2CCc3ccc(C4OC(CO)C(O)C(O)C4O)cc32)cc1. The third-order valence-electron chi connectivity index (χ3n) is 6.26. The quantitative estimate of drug-likeness (QED) is 0.646. The van der Waals surface area contributed by atoms with Gasteiger partial charge >= 0.3 is 0 Å². The normalized spacial score (nSPS) is 32.3. The first-order valence-corrected chi connectivity index (χ1v) is 10.1. The van der Waals surface area contributed by atoms with E-state index in [-0.39, 0.29) is 0 Å². The van der Waals surface area contributed by atoms with E-state index in [0.29, 0.717) is 5.92 Å². The lowest BCUT2D eigenvalue weighted by Gasteiger charge is -2.40. The zero-order valence-corrected chi connectivity index (χ0v) is 16.0. The second kappa shape index (κ2) is 7.93. The summed E-state index contributed by atoms with van der Waals surface area (Å²) in [6, 6.07) is 14.8. The second-order valence-electron chi connectivity index (χ2n) is 7.89. The maximum atomic E-state index is 10.4. The number of fused-ring (bicyclic) bond motifs is 1. The van der Waals surface area contributed by atoms with Crippen LogP contribution in [0.15, 0.2) is 42.5 Å². The molecule has 2 aromatic rings. The molecular formula is C23H28O5. The highest BCUT2D eigenvalue weighted by molar-refractivity contribution is 5.45. The van der Waals surface area contributed by atoms with Crippen molar-refractivity contribution < 1.29 is 25.2 Å². The highest BCUT2D eigenvalue weighted by atomic mass is 16.5. The minimum absolute atomic E-state index is 0.297. The Morgan fingerprint density at radius 3 is 2.32 bits per heavy atom. The Labute approximate surface area is 165 Å². The molecule has 2 aromatic carbocycles. The highest BCUT2D eigenvalue weighted by Gasteiger charge is 2.44. The van der Waals surface area contributed by atoms with Gasteiger partial charge in [-0.15, -0.1) is 0 Å². The maximum Gasteiger partial charge on any atom is 0.113 e. The van der Waals surface area contributed by atoms with Crippen LogP contribution in [0.1, 0.15) is 53.2 Å². The Hall–Kier alpha value is -1.76. The van der Waals surface area contributed by atoms with E-state index >= 15 is 0 Å². The van der Waals surface area contributed by atoms with Crippen LogP contribution in [0.5, 0.6) is 0 Å². The molecule has 0 spiro atoms. The minimum atomic E-state index is -1.36. The molecule has 4 N–H and O–H groups in total. The monoisotopic (exact) mass is 384 g/mol. The summed E-state index contributed by atoms with van der Waals surface area (Å²) in [4.78, 5) is 0. The Bertz CT molecular complexity index is 816. The smallest absolute Gasteiger partial charge is 0.113 e. The first-order chi connectivity index (χ1) is 13.5.